The van der Waals surface area contributed by atoms with Gasteiger partial charge in [0.2, 0.25) is 0 Å². The van der Waals surface area contributed by atoms with Crippen LogP contribution < -0.4 is 0 Å². The third-order valence-electron chi connectivity index (χ3n) is 2.28. The van der Waals surface area contributed by atoms with Gasteiger partial charge in [-0.15, -0.1) is 0 Å². The molecular weight excluding hydrogens is 329 g/mol. The van der Waals surface area contributed by atoms with Crippen LogP contribution in [0.25, 0.3) is 0 Å². The fourth-order valence-electron chi connectivity index (χ4n) is 1.16. The molecule has 1 aromatic rings. The lowest BCUT2D eigenvalue weighted by molar-refractivity contribution is 0.00844. The second-order valence-corrected chi connectivity index (χ2v) is 4.73. The van der Waals surface area contributed by atoms with Gasteiger partial charge in [-0.2, -0.15) is 5.10 Å². The third kappa shape index (κ3) is 3.97. The normalized spacial score (nSPS) is 13.4. The Hall–Kier alpha value is -0.240. The van der Waals surface area contributed by atoms with Crippen LogP contribution in [-0.4, -0.2) is 22.8 Å². The predicted octanol–water partition coefficient (Wildman–Crippen LogP) is 3.24. The van der Waals surface area contributed by atoms with Gasteiger partial charge in [0.25, 0.3) is 6.43 Å². The molecule has 0 aliphatic heterocycles. The van der Waals surface area contributed by atoms with Crippen molar-refractivity contribution in [2.45, 2.75) is 39.3 Å². The van der Waals surface area contributed by atoms with E-state index in [1.165, 1.54) is 0 Å². The topological polar surface area (TPSA) is 27.1 Å². The zero-order chi connectivity index (χ0) is 12.1. The van der Waals surface area contributed by atoms with Gasteiger partial charge < -0.3 is 4.74 Å². The number of hydrogen-bond donors (Lipinski definition) is 0. The fraction of sp³-hybridized carbons (Fsp3) is 0.700. The van der Waals surface area contributed by atoms with Crippen LogP contribution in [0.5, 0.6) is 0 Å². The summed E-state index contributed by atoms with van der Waals surface area (Å²) in [5.41, 5.74) is 0.724. The lowest BCUT2D eigenvalue weighted by Gasteiger charge is -2.08. The lowest BCUT2D eigenvalue weighted by Crippen LogP contribution is -2.07. The van der Waals surface area contributed by atoms with Crippen LogP contribution >= 0.6 is 22.6 Å². The van der Waals surface area contributed by atoms with Crippen molar-refractivity contribution in [1.82, 2.24) is 9.78 Å². The van der Waals surface area contributed by atoms with Gasteiger partial charge in [0.05, 0.1) is 10.2 Å². The van der Waals surface area contributed by atoms with Gasteiger partial charge in [-0.05, 0) is 35.9 Å². The van der Waals surface area contributed by atoms with Crippen molar-refractivity contribution in [3.63, 3.8) is 0 Å². The molecule has 0 aliphatic carbocycles. The molecule has 0 aromatic carbocycles. The summed E-state index contributed by atoms with van der Waals surface area (Å²) in [4.78, 5) is 0. The van der Waals surface area contributed by atoms with Crippen LogP contribution in [0.15, 0.2) is 6.20 Å². The molecule has 92 valence electrons. The quantitative estimate of drug-likeness (QED) is 0.741. The zero-order valence-electron chi connectivity index (χ0n) is 9.29. The predicted molar refractivity (Wildman–Crippen MR) is 65.6 cm³/mol. The molecule has 0 spiro atoms. The molecule has 6 heteroatoms. The van der Waals surface area contributed by atoms with E-state index in [0.29, 0.717) is 6.04 Å². The minimum Gasteiger partial charge on any atom is -0.369 e. The van der Waals surface area contributed by atoms with E-state index in [-0.39, 0.29) is 6.61 Å². The van der Waals surface area contributed by atoms with Gasteiger partial charge in [0.15, 0.2) is 0 Å². The summed E-state index contributed by atoms with van der Waals surface area (Å²) in [6.07, 6.45) is 0.472. The Morgan fingerprint density at radius 3 is 2.81 bits per heavy atom. The van der Waals surface area contributed by atoms with Gasteiger partial charge in [-0.25, -0.2) is 8.78 Å². The second kappa shape index (κ2) is 6.48. The van der Waals surface area contributed by atoms with Crippen molar-refractivity contribution >= 4 is 22.6 Å². The van der Waals surface area contributed by atoms with Gasteiger partial charge in [0.1, 0.15) is 12.3 Å². The molecule has 1 aromatic heterocycles. The highest BCUT2D eigenvalue weighted by molar-refractivity contribution is 14.1. The number of alkyl halides is 2. The van der Waals surface area contributed by atoms with E-state index in [1.54, 1.807) is 0 Å². The van der Waals surface area contributed by atoms with Crippen molar-refractivity contribution in [3.05, 3.63) is 15.5 Å². The molecule has 0 fully saturated rings. The van der Waals surface area contributed by atoms with Crippen LogP contribution in [0.3, 0.4) is 0 Å². The zero-order valence-corrected chi connectivity index (χ0v) is 11.4. The maximum Gasteiger partial charge on any atom is 0.261 e. The van der Waals surface area contributed by atoms with Crippen LogP contribution in [-0.2, 0) is 11.3 Å². The van der Waals surface area contributed by atoms with Crippen LogP contribution in [0.2, 0.25) is 0 Å². The number of aromatic nitrogens is 2. The first kappa shape index (κ1) is 13.8. The van der Waals surface area contributed by atoms with Crippen molar-refractivity contribution < 1.29 is 13.5 Å². The Balaban J connectivity index is 2.56. The second-order valence-electron chi connectivity index (χ2n) is 3.57. The molecule has 1 atom stereocenters. The molecule has 0 unspecified atom stereocenters. The summed E-state index contributed by atoms with van der Waals surface area (Å²) in [7, 11) is 0. The first-order valence-corrected chi connectivity index (χ1v) is 6.21. The number of halogens is 3. The number of hydrogen-bond acceptors (Lipinski definition) is 2. The molecule has 16 heavy (non-hydrogen) atoms. The molecule has 0 aliphatic rings. The maximum atomic E-state index is 11.9. The van der Waals surface area contributed by atoms with Gasteiger partial charge >= 0.3 is 0 Å². The molecule has 1 rings (SSSR count). The summed E-state index contributed by atoms with van der Waals surface area (Å²) in [5, 5.41) is 4.32. The first-order chi connectivity index (χ1) is 7.54. The molecule has 0 saturated carbocycles. The largest absolute Gasteiger partial charge is 0.369 e. The first-order valence-electron chi connectivity index (χ1n) is 5.14. The summed E-state index contributed by atoms with van der Waals surface area (Å²) in [6.45, 7) is 3.75. The van der Waals surface area contributed by atoms with E-state index in [4.69, 9.17) is 4.74 Å². The van der Waals surface area contributed by atoms with Crippen LogP contribution in [0.1, 0.15) is 32.0 Å². The number of ether oxygens (including phenoxy) is 1. The summed E-state index contributed by atoms with van der Waals surface area (Å²) in [5.74, 6) is 0. The van der Waals surface area contributed by atoms with E-state index in [1.807, 2.05) is 10.9 Å². The number of rotatable bonds is 6. The highest BCUT2D eigenvalue weighted by Crippen LogP contribution is 2.16. The van der Waals surface area contributed by atoms with Crippen molar-refractivity contribution in [1.29, 1.82) is 0 Å². The maximum absolute atomic E-state index is 11.9. The van der Waals surface area contributed by atoms with Crippen LogP contribution in [0, 0.1) is 3.57 Å². The van der Waals surface area contributed by atoms with Gasteiger partial charge in [-0.3, -0.25) is 4.68 Å². The number of nitrogens with zero attached hydrogens (tertiary/aromatic N) is 2. The Morgan fingerprint density at radius 1 is 1.56 bits per heavy atom. The molecule has 3 nitrogen and oxygen atoms in total. The smallest absolute Gasteiger partial charge is 0.261 e. The van der Waals surface area contributed by atoms with E-state index < -0.39 is 13.0 Å². The van der Waals surface area contributed by atoms with Gasteiger partial charge in [-0.1, -0.05) is 6.92 Å². The molecular formula is C10H15F2IN2O. The Morgan fingerprint density at radius 2 is 2.25 bits per heavy atom. The highest BCUT2D eigenvalue weighted by atomic mass is 127. The minimum atomic E-state index is -2.42. The third-order valence-corrected chi connectivity index (χ3v) is 3.18. The lowest BCUT2D eigenvalue weighted by atomic mass is 10.3. The van der Waals surface area contributed by atoms with E-state index in [0.717, 1.165) is 15.7 Å². The average molecular weight is 344 g/mol. The summed E-state index contributed by atoms with van der Waals surface area (Å²) >= 11 is 2.14. The van der Waals surface area contributed by atoms with E-state index in [9.17, 15) is 8.78 Å². The van der Waals surface area contributed by atoms with Crippen LogP contribution in [0.4, 0.5) is 8.78 Å². The Bertz CT molecular complexity index is 331. The average Bonchev–Trinajstić information content (AvgIpc) is 2.59. The fourth-order valence-corrected chi connectivity index (χ4v) is 1.71. The standard InChI is InChI=1S/C10H15F2IN2O/c1-3-7(2)15-4-8(13)9(14-15)5-16-6-10(11)12/h4,7,10H,3,5-6H2,1-2H3/t7-/m1/s1. The summed E-state index contributed by atoms with van der Waals surface area (Å²) < 4.78 is 31.4. The van der Waals surface area contributed by atoms with Crippen molar-refractivity contribution in [2.24, 2.45) is 0 Å². The molecule has 1 heterocycles. The Labute approximate surface area is 107 Å². The van der Waals surface area contributed by atoms with E-state index in [2.05, 4.69) is 41.5 Å². The van der Waals surface area contributed by atoms with Gasteiger partial charge in [0, 0.05) is 12.2 Å². The molecule has 0 amide bonds. The molecule has 0 saturated heterocycles. The monoisotopic (exact) mass is 344 g/mol. The minimum absolute atomic E-state index is 0.145. The molecule has 0 N–H and O–H groups in total. The van der Waals surface area contributed by atoms with Crippen molar-refractivity contribution in [2.75, 3.05) is 6.61 Å². The molecule has 0 bridgehead atoms. The highest BCUT2D eigenvalue weighted by Gasteiger charge is 2.11. The summed E-state index contributed by atoms with van der Waals surface area (Å²) in [6, 6.07) is 0.317. The van der Waals surface area contributed by atoms with Crippen molar-refractivity contribution in [3.8, 4) is 0 Å². The SMILES string of the molecule is CC[C@@H](C)n1cc(I)c(COCC(F)F)n1. The molecule has 0 radical (unpaired) electrons. The van der Waals surface area contributed by atoms with E-state index >= 15 is 0 Å². The Kier molecular flexibility index (Phi) is 5.60.